The number of aryl methyl sites for hydroxylation is 1. The van der Waals surface area contributed by atoms with Crippen LogP contribution in [0.5, 0.6) is 11.5 Å². The van der Waals surface area contributed by atoms with E-state index in [1.54, 1.807) is 4.90 Å². The van der Waals surface area contributed by atoms with E-state index in [2.05, 4.69) is 21.2 Å². The molecule has 0 bridgehead atoms. The highest BCUT2D eigenvalue weighted by molar-refractivity contribution is 9.10. The number of ether oxygens (including phenoxy) is 2. The van der Waals surface area contributed by atoms with Crippen LogP contribution in [-0.4, -0.2) is 42.0 Å². The van der Waals surface area contributed by atoms with Gasteiger partial charge in [-0.3, -0.25) is 9.59 Å². The van der Waals surface area contributed by atoms with Crippen molar-refractivity contribution in [3.05, 3.63) is 94.0 Å². The van der Waals surface area contributed by atoms with Gasteiger partial charge >= 0.3 is 0 Å². The second-order valence-corrected chi connectivity index (χ2v) is 10.6. The van der Waals surface area contributed by atoms with Crippen LogP contribution in [0.4, 0.5) is 0 Å². The van der Waals surface area contributed by atoms with Crippen LogP contribution in [0.2, 0.25) is 0 Å². The number of fused-ring (bicyclic) bond motifs is 1. The minimum absolute atomic E-state index is 0.0151. The highest BCUT2D eigenvalue weighted by Gasteiger charge is 2.31. The molecule has 0 aromatic heterocycles. The number of carbonyl (C=O) groups excluding carboxylic acids is 2. The van der Waals surface area contributed by atoms with Gasteiger partial charge in [0.1, 0.15) is 19.3 Å². The molecule has 1 aliphatic rings. The summed E-state index contributed by atoms with van der Waals surface area (Å²) in [5.74, 6) is 1.24. The minimum Gasteiger partial charge on any atom is -0.486 e. The van der Waals surface area contributed by atoms with E-state index in [-0.39, 0.29) is 24.3 Å². The van der Waals surface area contributed by atoms with Crippen molar-refractivity contribution >= 4 is 27.7 Å². The summed E-state index contributed by atoms with van der Waals surface area (Å²) in [5, 5.41) is 3.12. The van der Waals surface area contributed by atoms with Crippen molar-refractivity contribution < 1.29 is 19.1 Å². The Labute approximate surface area is 233 Å². The van der Waals surface area contributed by atoms with Crippen molar-refractivity contribution in [1.29, 1.82) is 0 Å². The van der Waals surface area contributed by atoms with Gasteiger partial charge in [0.25, 0.3) is 0 Å². The van der Waals surface area contributed by atoms with Crippen LogP contribution in [0.1, 0.15) is 43.4 Å². The molecule has 4 rings (SSSR count). The van der Waals surface area contributed by atoms with Crippen LogP contribution in [0, 0.1) is 0 Å². The average molecular weight is 580 g/mol. The number of carbonyl (C=O) groups is 2. The van der Waals surface area contributed by atoms with Crippen molar-refractivity contribution in [2.45, 2.75) is 58.2 Å². The zero-order chi connectivity index (χ0) is 26.9. The fraction of sp³-hybridized carbons (Fsp3) is 0.355. The van der Waals surface area contributed by atoms with E-state index < -0.39 is 6.04 Å². The molecule has 0 aliphatic carbocycles. The van der Waals surface area contributed by atoms with E-state index in [0.29, 0.717) is 38.3 Å². The Bertz CT molecular complexity index is 1230. The average Bonchev–Trinajstić information content (AvgIpc) is 2.94. The number of hydrogen-bond donors (Lipinski definition) is 1. The molecule has 0 radical (unpaired) electrons. The lowest BCUT2D eigenvalue weighted by molar-refractivity contribution is -0.141. The quantitative estimate of drug-likeness (QED) is 0.316. The Morgan fingerprint density at radius 3 is 2.39 bits per heavy atom. The summed E-state index contributed by atoms with van der Waals surface area (Å²) in [6.45, 7) is 5.42. The number of nitrogens with one attached hydrogen (secondary N) is 1. The molecule has 38 heavy (non-hydrogen) atoms. The fourth-order valence-corrected chi connectivity index (χ4v) is 4.91. The van der Waals surface area contributed by atoms with Gasteiger partial charge < -0.3 is 19.7 Å². The molecular formula is C31H35BrN2O4. The molecule has 2 amide bonds. The van der Waals surface area contributed by atoms with Gasteiger partial charge in [0.2, 0.25) is 11.8 Å². The first-order chi connectivity index (χ1) is 18.4. The Kier molecular flexibility index (Phi) is 9.82. The van der Waals surface area contributed by atoms with E-state index >= 15 is 0 Å². The summed E-state index contributed by atoms with van der Waals surface area (Å²) in [6.07, 6.45) is 2.06. The maximum atomic E-state index is 13.9. The largest absolute Gasteiger partial charge is 0.486 e. The Morgan fingerprint density at radius 2 is 1.66 bits per heavy atom. The van der Waals surface area contributed by atoms with Crippen LogP contribution in [0.15, 0.2) is 77.3 Å². The van der Waals surface area contributed by atoms with Crippen LogP contribution in [0.25, 0.3) is 0 Å². The fourth-order valence-electron chi connectivity index (χ4n) is 4.47. The molecule has 6 nitrogen and oxygen atoms in total. The van der Waals surface area contributed by atoms with Crippen LogP contribution >= 0.6 is 15.9 Å². The third-order valence-corrected chi connectivity index (χ3v) is 7.24. The number of rotatable bonds is 11. The van der Waals surface area contributed by atoms with Gasteiger partial charge in [-0.2, -0.15) is 0 Å². The number of hydrogen-bond acceptors (Lipinski definition) is 4. The maximum absolute atomic E-state index is 13.9. The van der Waals surface area contributed by atoms with Gasteiger partial charge in [-0.05, 0) is 60.7 Å². The van der Waals surface area contributed by atoms with Gasteiger partial charge in [0.15, 0.2) is 11.5 Å². The second-order valence-electron chi connectivity index (χ2n) is 9.65. The molecule has 3 aromatic rings. The predicted octanol–water partition coefficient (Wildman–Crippen LogP) is 5.71. The number of amides is 2. The monoisotopic (exact) mass is 578 g/mol. The zero-order valence-corrected chi connectivity index (χ0v) is 23.6. The number of benzene rings is 3. The zero-order valence-electron chi connectivity index (χ0n) is 22.0. The van der Waals surface area contributed by atoms with Crippen LogP contribution < -0.4 is 14.8 Å². The standard InChI is InChI=1S/C31H35BrN2O4/c1-3-22(2)33-31(36)27(19-23-8-5-4-6-9-23)34(21-25-10-7-11-26(32)18-25)30(35)15-13-24-12-14-28-29(20-24)38-17-16-37-28/h4-12,14,18,20,22,27H,3,13,15-17,19,21H2,1-2H3,(H,33,36). The Balaban J connectivity index is 1.60. The summed E-state index contributed by atoms with van der Waals surface area (Å²) in [7, 11) is 0. The molecule has 2 atom stereocenters. The molecule has 1 aliphatic heterocycles. The molecule has 3 aromatic carbocycles. The number of nitrogens with zero attached hydrogens (tertiary/aromatic N) is 1. The normalized spacial score (nSPS) is 13.9. The van der Waals surface area contributed by atoms with E-state index in [4.69, 9.17) is 9.47 Å². The third kappa shape index (κ3) is 7.60. The Hall–Kier alpha value is -3.32. The molecular weight excluding hydrogens is 544 g/mol. The third-order valence-electron chi connectivity index (χ3n) is 6.75. The molecule has 0 spiro atoms. The lowest BCUT2D eigenvalue weighted by Crippen LogP contribution is -2.52. The summed E-state index contributed by atoms with van der Waals surface area (Å²) < 4.78 is 12.3. The minimum atomic E-state index is -0.641. The van der Waals surface area contributed by atoms with E-state index in [1.165, 1.54) is 0 Å². The van der Waals surface area contributed by atoms with E-state index in [0.717, 1.165) is 33.3 Å². The van der Waals surface area contributed by atoms with Crippen LogP contribution in [-0.2, 0) is 29.0 Å². The first-order valence-electron chi connectivity index (χ1n) is 13.2. The molecule has 7 heteroatoms. The molecule has 0 saturated carbocycles. The van der Waals surface area contributed by atoms with Gasteiger partial charge in [-0.25, -0.2) is 0 Å². The Morgan fingerprint density at radius 1 is 0.921 bits per heavy atom. The summed E-state index contributed by atoms with van der Waals surface area (Å²) >= 11 is 3.54. The van der Waals surface area contributed by atoms with Gasteiger partial charge in [0.05, 0.1) is 0 Å². The van der Waals surface area contributed by atoms with E-state index in [1.807, 2.05) is 86.6 Å². The topological polar surface area (TPSA) is 67.9 Å². The molecule has 0 fully saturated rings. The summed E-state index contributed by atoms with van der Waals surface area (Å²) in [6, 6.07) is 22.9. The van der Waals surface area contributed by atoms with Gasteiger partial charge in [-0.15, -0.1) is 0 Å². The highest BCUT2D eigenvalue weighted by atomic mass is 79.9. The first-order valence-corrected chi connectivity index (χ1v) is 14.0. The van der Waals surface area contributed by atoms with Crippen LogP contribution in [0.3, 0.4) is 0 Å². The summed E-state index contributed by atoms with van der Waals surface area (Å²) in [4.78, 5) is 29.2. The van der Waals surface area contributed by atoms with Crippen molar-refractivity contribution in [2.24, 2.45) is 0 Å². The lowest BCUT2D eigenvalue weighted by atomic mass is 10.0. The molecule has 1 N–H and O–H groups in total. The smallest absolute Gasteiger partial charge is 0.243 e. The molecule has 200 valence electrons. The predicted molar refractivity (Wildman–Crippen MR) is 152 cm³/mol. The molecule has 1 heterocycles. The first kappa shape index (κ1) is 27.7. The van der Waals surface area contributed by atoms with Crippen molar-refractivity contribution in [1.82, 2.24) is 10.2 Å². The lowest BCUT2D eigenvalue weighted by Gasteiger charge is -2.32. The van der Waals surface area contributed by atoms with Crippen molar-refractivity contribution in [3.63, 3.8) is 0 Å². The van der Waals surface area contributed by atoms with E-state index in [9.17, 15) is 9.59 Å². The van der Waals surface area contributed by atoms with Gasteiger partial charge in [-0.1, -0.05) is 71.4 Å². The van der Waals surface area contributed by atoms with Crippen molar-refractivity contribution in [3.8, 4) is 11.5 Å². The highest BCUT2D eigenvalue weighted by Crippen LogP contribution is 2.31. The SMILES string of the molecule is CCC(C)NC(=O)C(Cc1ccccc1)N(Cc1cccc(Br)c1)C(=O)CCc1ccc2c(c1)OCCO2. The second kappa shape index (κ2) is 13.5. The van der Waals surface area contributed by atoms with Crippen molar-refractivity contribution in [2.75, 3.05) is 13.2 Å². The molecule has 2 unspecified atom stereocenters. The van der Waals surface area contributed by atoms with Gasteiger partial charge in [0, 0.05) is 29.9 Å². The maximum Gasteiger partial charge on any atom is 0.243 e. The summed E-state index contributed by atoms with van der Waals surface area (Å²) in [5.41, 5.74) is 2.96. The number of halogens is 1. The molecule has 0 saturated heterocycles.